The second kappa shape index (κ2) is 9.09. The summed E-state index contributed by atoms with van der Waals surface area (Å²) in [5.41, 5.74) is 2.13. The molecule has 1 aromatic carbocycles. The minimum absolute atomic E-state index is 0.0591. The number of halogens is 1. The van der Waals surface area contributed by atoms with Crippen molar-refractivity contribution in [1.29, 1.82) is 0 Å². The Morgan fingerprint density at radius 2 is 2.03 bits per heavy atom. The van der Waals surface area contributed by atoms with Crippen LogP contribution < -0.4 is 5.32 Å². The third-order valence-electron chi connectivity index (χ3n) is 7.35. The summed E-state index contributed by atoms with van der Waals surface area (Å²) in [6, 6.07) is 8.50. The lowest BCUT2D eigenvalue weighted by atomic mass is 9.95. The zero-order chi connectivity index (χ0) is 24.8. The molecular weight excluding hydrogens is 463 g/mol. The fourth-order valence-corrected chi connectivity index (χ4v) is 5.34. The van der Waals surface area contributed by atoms with Gasteiger partial charge in [-0.2, -0.15) is 0 Å². The molecule has 9 nitrogen and oxygen atoms in total. The third-order valence-corrected chi connectivity index (χ3v) is 7.35. The summed E-state index contributed by atoms with van der Waals surface area (Å²) in [6.45, 7) is 4.06. The number of amides is 2. The summed E-state index contributed by atoms with van der Waals surface area (Å²) >= 11 is 0. The lowest BCUT2D eigenvalue weighted by Crippen LogP contribution is -2.40. The van der Waals surface area contributed by atoms with E-state index in [1.807, 2.05) is 6.07 Å². The van der Waals surface area contributed by atoms with E-state index in [2.05, 4.69) is 32.0 Å². The quantitative estimate of drug-likeness (QED) is 0.603. The monoisotopic (exact) mass is 490 g/mol. The summed E-state index contributed by atoms with van der Waals surface area (Å²) < 4.78 is 22.4. The Labute approximate surface area is 207 Å². The molecule has 0 bridgehead atoms. The molecule has 0 spiro atoms. The van der Waals surface area contributed by atoms with E-state index in [1.54, 1.807) is 23.1 Å². The van der Waals surface area contributed by atoms with Crippen molar-refractivity contribution in [2.45, 2.75) is 45.2 Å². The van der Waals surface area contributed by atoms with Crippen LogP contribution in [0.2, 0.25) is 0 Å². The zero-order valence-corrected chi connectivity index (χ0v) is 20.0. The number of hydrogen-bond donors (Lipinski definition) is 1. The number of aromatic nitrogens is 4. The molecule has 1 saturated heterocycles. The lowest BCUT2D eigenvalue weighted by Gasteiger charge is -2.31. The van der Waals surface area contributed by atoms with E-state index in [0.717, 1.165) is 36.2 Å². The summed E-state index contributed by atoms with van der Waals surface area (Å²) in [7, 11) is 0. The molecule has 2 atom stereocenters. The standard InChI is InChI=1S/C26H27FN6O3/c1-15-5-6-23-30-31-24(33(15)23)21-3-2-4-22(28-21)29-25(34)19-11-18-13-32(9-7-16(18)12-20(19)27)26(35)17-8-10-36-14-17/h2-4,11-12,15,17H,5-10,13-14H2,1H3,(H,28,29,34)/t15-,17-/m1/s1. The van der Waals surface area contributed by atoms with Gasteiger partial charge >= 0.3 is 0 Å². The molecule has 36 heavy (non-hydrogen) atoms. The van der Waals surface area contributed by atoms with Crippen LogP contribution in [0.1, 0.15) is 53.1 Å². The predicted molar refractivity (Wildman–Crippen MR) is 129 cm³/mol. The van der Waals surface area contributed by atoms with E-state index in [0.29, 0.717) is 50.1 Å². The number of hydrogen-bond acceptors (Lipinski definition) is 6. The molecule has 0 unspecified atom stereocenters. The number of rotatable bonds is 4. The predicted octanol–water partition coefficient (Wildman–Crippen LogP) is 3.16. The molecule has 186 valence electrons. The smallest absolute Gasteiger partial charge is 0.259 e. The van der Waals surface area contributed by atoms with E-state index < -0.39 is 11.7 Å². The van der Waals surface area contributed by atoms with Crippen LogP contribution in [0, 0.1) is 11.7 Å². The summed E-state index contributed by atoms with van der Waals surface area (Å²) in [5, 5.41) is 11.3. The molecule has 3 aromatic rings. The number of ether oxygens (including phenoxy) is 1. The number of carbonyl (C=O) groups is 2. The average molecular weight is 491 g/mol. The van der Waals surface area contributed by atoms with Gasteiger partial charge in [0.25, 0.3) is 5.91 Å². The van der Waals surface area contributed by atoms with Gasteiger partial charge in [-0.15, -0.1) is 10.2 Å². The molecule has 0 radical (unpaired) electrons. The summed E-state index contributed by atoms with van der Waals surface area (Å²) in [5.74, 6) is 0.645. The molecule has 3 aliphatic rings. The molecule has 3 aliphatic heterocycles. The van der Waals surface area contributed by atoms with Gasteiger partial charge in [0, 0.05) is 32.2 Å². The van der Waals surface area contributed by atoms with Crippen molar-refractivity contribution in [3.8, 4) is 11.5 Å². The van der Waals surface area contributed by atoms with Gasteiger partial charge in [-0.1, -0.05) is 6.07 Å². The summed E-state index contributed by atoms with van der Waals surface area (Å²) in [4.78, 5) is 32.2. The van der Waals surface area contributed by atoms with E-state index in [9.17, 15) is 14.0 Å². The Kier molecular flexibility index (Phi) is 5.75. The van der Waals surface area contributed by atoms with Gasteiger partial charge in [-0.05, 0) is 61.6 Å². The first-order chi connectivity index (χ1) is 17.5. The number of nitrogens with zero attached hydrogens (tertiary/aromatic N) is 5. The lowest BCUT2D eigenvalue weighted by molar-refractivity contribution is -0.136. The molecule has 2 amide bonds. The van der Waals surface area contributed by atoms with Crippen LogP contribution in [0.4, 0.5) is 10.2 Å². The third kappa shape index (κ3) is 4.05. The molecule has 1 fully saturated rings. The van der Waals surface area contributed by atoms with Gasteiger partial charge in [0.15, 0.2) is 5.82 Å². The maximum atomic E-state index is 14.9. The molecule has 6 rings (SSSR count). The maximum Gasteiger partial charge on any atom is 0.259 e. The highest BCUT2D eigenvalue weighted by Gasteiger charge is 2.31. The molecule has 1 N–H and O–H groups in total. The fourth-order valence-electron chi connectivity index (χ4n) is 5.34. The first kappa shape index (κ1) is 22.8. The number of pyridine rings is 1. The van der Waals surface area contributed by atoms with Gasteiger partial charge in [-0.3, -0.25) is 9.59 Å². The number of fused-ring (bicyclic) bond motifs is 2. The largest absolute Gasteiger partial charge is 0.381 e. The molecule has 0 saturated carbocycles. The molecule has 2 aromatic heterocycles. The van der Waals surface area contributed by atoms with Gasteiger partial charge in [0.05, 0.1) is 18.1 Å². The van der Waals surface area contributed by atoms with Crippen molar-refractivity contribution in [2.75, 3.05) is 25.1 Å². The van der Waals surface area contributed by atoms with Crippen molar-refractivity contribution in [1.82, 2.24) is 24.6 Å². The highest BCUT2D eigenvalue weighted by Crippen LogP contribution is 2.30. The van der Waals surface area contributed by atoms with Gasteiger partial charge in [0.1, 0.15) is 23.2 Å². The van der Waals surface area contributed by atoms with Gasteiger partial charge in [0.2, 0.25) is 5.91 Å². The molecule has 5 heterocycles. The number of anilines is 1. The van der Waals surface area contributed by atoms with Crippen LogP contribution in [0.3, 0.4) is 0 Å². The molecule has 0 aliphatic carbocycles. The SMILES string of the molecule is C[C@@H]1CCc2nnc(-c3cccc(NC(=O)c4cc5c(cc4F)CCN(C(=O)[C@@H]4CCOC4)C5)n3)n21. The van der Waals surface area contributed by atoms with Crippen molar-refractivity contribution in [3.05, 3.63) is 58.7 Å². The van der Waals surface area contributed by atoms with Crippen molar-refractivity contribution < 1.29 is 18.7 Å². The number of nitrogens with one attached hydrogen (secondary N) is 1. The first-order valence-electron chi connectivity index (χ1n) is 12.4. The Balaban J connectivity index is 1.21. The number of aryl methyl sites for hydroxylation is 1. The Morgan fingerprint density at radius 1 is 1.14 bits per heavy atom. The normalized spacial score (nSPS) is 20.8. The van der Waals surface area contributed by atoms with E-state index >= 15 is 0 Å². The highest BCUT2D eigenvalue weighted by molar-refractivity contribution is 6.04. The maximum absolute atomic E-state index is 14.9. The highest BCUT2D eigenvalue weighted by atomic mass is 19.1. The Morgan fingerprint density at radius 3 is 2.86 bits per heavy atom. The minimum Gasteiger partial charge on any atom is -0.381 e. The second-order valence-electron chi connectivity index (χ2n) is 9.73. The Hall–Kier alpha value is -3.66. The number of benzene rings is 1. The fraction of sp³-hybridized carbons (Fsp3) is 0.423. The van der Waals surface area contributed by atoms with Crippen LogP contribution in [0.5, 0.6) is 0 Å². The van der Waals surface area contributed by atoms with E-state index in [4.69, 9.17) is 4.74 Å². The summed E-state index contributed by atoms with van der Waals surface area (Å²) in [6.07, 6.45) is 3.16. The van der Waals surface area contributed by atoms with Crippen molar-refractivity contribution in [2.24, 2.45) is 5.92 Å². The number of carbonyl (C=O) groups excluding carboxylic acids is 2. The minimum atomic E-state index is -0.590. The molecule has 10 heteroatoms. The van der Waals surface area contributed by atoms with E-state index in [-0.39, 0.29) is 23.4 Å². The molecular formula is C26H27FN6O3. The topological polar surface area (TPSA) is 102 Å². The van der Waals surface area contributed by atoms with Crippen LogP contribution in [-0.2, 0) is 28.9 Å². The average Bonchev–Trinajstić information content (AvgIpc) is 3.63. The Bertz CT molecular complexity index is 1350. The van der Waals surface area contributed by atoms with Crippen molar-refractivity contribution >= 4 is 17.6 Å². The van der Waals surface area contributed by atoms with E-state index in [1.165, 1.54) is 6.07 Å². The van der Waals surface area contributed by atoms with Crippen LogP contribution in [-0.4, -0.2) is 56.2 Å². The van der Waals surface area contributed by atoms with Gasteiger partial charge in [-0.25, -0.2) is 9.37 Å². The van der Waals surface area contributed by atoms with Crippen LogP contribution in [0.25, 0.3) is 11.5 Å². The van der Waals surface area contributed by atoms with Gasteiger partial charge < -0.3 is 19.5 Å². The van der Waals surface area contributed by atoms with Crippen LogP contribution >= 0.6 is 0 Å². The second-order valence-corrected chi connectivity index (χ2v) is 9.73. The van der Waals surface area contributed by atoms with Crippen molar-refractivity contribution in [3.63, 3.8) is 0 Å². The zero-order valence-electron chi connectivity index (χ0n) is 20.0. The van der Waals surface area contributed by atoms with Crippen LogP contribution in [0.15, 0.2) is 30.3 Å². The first-order valence-corrected chi connectivity index (χ1v) is 12.4.